The number of aryl methyl sites for hydroxylation is 1. The summed E-state index contributed by atoms with van der Waals surface area (Å²) in [7, 11) is 3.23. The third-order valence-corrected chi connectivity index (χ3v) is 5.17. The first-order valence-corrected chi connectivity index (χ1v) is 8.62. The number of nitrogens with two attached hydrogens (primary N) is 1. The van der Waals surface area contributed by atoms with E-state index in [-0.39, 0.29) is 17.9 Å². The topological polar surface area (TPSA) is 73.6 Å². The summed E-state index contributed by atoms with van der Waals surface area (Å²) in [5, 5.41) is 3.14. The summed E-state index contributed by atoms with van der Waals surface area (Å²) in [4.78, 5) is 12.7. The van der Waals surface area contributed by atoms with Crippen molar-refractivity contribution in [2.75, 3.05) is 14.2 Å². The number of nitrogens with one attached hydrogen (secondary N) is 1. The predicted molar refractivity (Wildman–Crippen MR) is 95.4 cm³/mol. The maximum atomic E-state index is 12.7. The first-order valence-electron chi connectivity index (χ1n) is 8.62. The van der Waals surface area contributed by atoms with Gasteiger partial charge in [-0.2, -0.15) is 0 Å². The molecule has 1 aromatic carbocycles. The highest BCUT2D eigenvalue weighted by Gasteiger charge is 2.38. The average Bonchev–Trinajstić information content (AvgIpc) is 2.53. The highest BCUT2D eigenvalue weighted by molar-refractivity contribution is 5.80. The van der Waals surface area contributed by atoms with Gasteiger partial charge in [0.2, 0.25) is 5.91 Å². The smallest absolute Gasteiger partial charge is 0.225 e. The third-order valence-electron chi connectivity index (χ3n) is 5.17. The number of amides is 1. The Bertz CT molecular complexity index is 599. The van der Waals surface area contributed by atoms with Gasteiger partial charge >= 0.3 is 0 Å². The van der Waals surface area contributed by atoms with E-state index >= 15 is 0 Å². The van der Waals surface area contributed by atoms with Crippen molar-refractivity contribution >= 4 is 5.91 Å². The van der Waals surface area contributed by atoms with Gasteiger partial charge in [-0.3, -0.25) is 4.79 Å². The van der Waals surface area contributed by atoms with Crippen LogP contribution >= 0.6 is 0 Å². The van der Waals surface area contributed by atoms with Crippen LogP contribution in [0.15, 0.2) is 12.1 Å². The molecule has 3 unspecified atom stereocenters. The molecule has 0 saturated heterocycles. The number of hydrogen-bond acceptors (Lipinski definition) is 4. The number of carbonyl (C=O) groups excluding carboxylic acids is 1. The number of rotatable bonds is 5. The summed E-state index contributed by atoms with van der Waals surface area (Å²) in [5.74, 6) is 1.27. The van der Waals surface area contributed by atoms with Gasteiger partial charge in [0, 0.05) is 5.54 Å². The molecule has 3 N–H and O–H groups in total. The second kappa shape index (κ2) is 7.43. The summed E-state index contributed by atoms with van der Waals surface area (Å²) < 4.78 is 10.7. The van der Waals surface area contributed by atoms with Gasteiger partial charge in [-0.05, 0) is 56.9 Å². The van der Waals surface area contributed by atoms with Crippen molar-refractivity contribution in [2.24, 2.45) is 11.7 Å². The predicted octanol–water partition coefficient (Wildman–Crippen LogP) is 3.10. The normalized spacial score (nSPS) is 25.0. The van der Waals surface area contributed by atoms with E-state index in [1.54, 1.807) is 14.2 Å². The fraction of sp³-hybridized carbons (Fsp3) is 0.632. The summed E-state index contributed by atoms with van der Waals surface area (Å²) >= 11 is 0. The Morgan fingerprint density at radius 2 is 1.92 bits per heavy atom. The fourth-order valence-electron chi connectivity index (χ4n) is 3.64. The van der Waals surface area contributed by atoms with Crippen molar-refractivity contribution in [3.63, 3.8) is 0 Å². The quantitative estimate of drug-likeness (QED) is 0.868. The van der Waals surface area contributed by atoms with Crippen LogP contribution in [0.3, 0.4) is 0 Å². The lowest BCUT2D eigenvalue weighted by atomic mass is 9.74. The van der Waals surface area contributed by atoms with E-state index in [2.05, 4.69) is 5.32 Å². The average molecular weight is 334 g/mol. The Balaban J connectivity index is 2.17. The van der Waals surface area contributed by atoms with E-state index in [9.17, 15) is 4.79 Å². The molecule has 3 atom stereocenters. The molecule has 0 heterocycles. The van der Waals surface area contributed by atoms with Gasteiger partial charge < -0.3 is 20.5 Å². The Hall–Kier alpha value is -1.75. The number of ether oxygens (including phenoxy) is 2. The van der Waals surface area contributed by atoms with E-state index in [1.165, 1.54) is 0 Å². The lowest BCUT2D eigenvalue weighted by Gasteiger charge is -2.37. The maximum absolute atomic E-state index is 12.7. The second-order valence-electron chi connectivity index (χ2n) is 7.10. The van der Waals surface area contributed by atoms with E-state index in [0.29, 0.717) is 11.5 Å². The minimum absolute atomic E-state index is 0.0429. The number of methoxy groups -OCH3 is 2. The largest absolute Gasteiger partial charge is 0.493 e. The van der Waals surface area contributed by atoms with Crippen LogP contribution in [0, 0.1) is 12.8 Å². The van der Waals surface area contributed by atoms with Crippen molar-refractivity contribution in [2.45, 2.75) is 58.0 Å². The van der Waals surface area contributed by atoms with Gasteiger partial charge in [0.15, 0.2) is 11.5 Å². The van der Waals surface area contributed by atoms with Crippen LogP contribution in [-0.4, -0.2) is 25.7 Å². The molecule has 0 aliphatic heterocycles. The molecule has 5 nitrogen and oxygen atoms in total. The number of carbonyl (C=O) groups is 1. The highest BCUT2D eigenvalue weighted by atomic mass is 16.5. The highest BCUT2D eigenvalue weighted by Crippen LogP contribution is 2.34. The van der Waals surface area contributed by atoms with Gasteiger partial charge in [-0.25, -0.2) is 0 Å². The Morgan fingerprint density at radius 1 is 1.29 bits per heavy atom. The molecule has 5 heteroatoms. The zero-order valence-electron chi connectivity index (χ0n) is 15.4. The van der Waals surface area contributed by atoms with Crippen molar-refractivity contribution in [1.82, 2.24) is 5.32 Å². The summed E-state index contributed by atoms with van der Waals surface area (Å²) in [5.41, 5.74) is 8.01. The molecule has 1 amide bonds. The zero-order chi connectivity index (χ0) is 17.9. The first-order chi connectivity index (χ1) is 11.3. The van der Waals surface area contributed by atoms with Crippen LogP contribution in [0.25, 0.3) is 0 Å². The molecule has 1 fully saturated rings. The molecule has 2 rings (SSSR count). The van der Waals surface area contributed by atoms with Crippen LogP contribution in [-0.2, 0) is 4.79 Å². The standard InChI is InChI=1S/C19H30N2O3/c1-12-10-16(23-4)17(24-5)11-14(12)13(2)21-18(22)15-8-6-7-9-19(15,3)20/h10-11,13,15H,6-9,20H2,1-5H3,(H,21,22). The fourth-order valence-corrected chi connectivity index (χ4v) is 3.64. The minimum atomic E-state index is -0.422. The summed E-state index contributed by atoms with van der Waals surface area (Å²) in [6, 6.07) is 3.75. The van der Waals surface area contributed by atoms with Crippen molar-refractivity contribution in [3.05, 3.63) is 23.3 Å². The second-order valence-corrected chi connectivity index (χ2v) is 7.10. The molecular formula is C19H30N2O3. The monoisotopic (exact) mass is 334 g/mol. The van der Waals surface area contributed by atoms with Crippen LogP contribution in [0.5, 0.6) is 11.5 Å². The molecular weight excluding hydrogens is 304 g/mol. The molecule has 0 aromatic heterocycles. The maximum Gasteiger partial charge on any atom is 0.225 e. The zero-order valence-corrected chi connectivity index (χ0v) is 15.4. The molecule has 1 aliphatic rings. The van der Waals surface area contributed by atoms with Gasteiger partial charge in [0.05, 0.1) is 26.2 Å². The Morgan fingerprint density at radius 3 is 2.50 bits per heavy atom. The van der Waals surface area contributed by atoms with E-state index < -0.39 is 5.54 Å². The summed E-state index contributed by atoms with van der Waals surface area (Å²) in [6.07, 6.45) is 3.92. The first kappa shape index (κ1) is 18.6. The minimum Gasteiger partial charge on any atom is -0.493 e. The lowest BCUT2D eigenvalue weighted by molar-refractivity contribution is -0.128. The van der Waals surface area contributed by atoms with E-state index in [4.69, 9.17) is 15.2 Å². The molecule has 24 heavy (non-hydrogen) atoms. The van der Waals surface area contributed by atoms with E-state index in [0.717, 1.165) is 36.8 Å². The third kappa shape index (κ3) is 3.83. The Kier molecular flexibility index (Phi) is 5.75. The van der Waals surface area contributed by atoms with Gasteiger partial charge in [-0.15, -0.1) is 0 Å². The van der Waals surface area contributed by atoms with Crippen LogP contribution < -0.4 is 20.5 Å². The molecule has 1 saturated carbocycles. The molecule has 0 radical (unpaired) electrons. The van der Waals surface area contributed by atoms with Crippen LogP contribution in [0.2, 0.25) is 0 Å². The van der Waals surface area contributed by atoms with Crippen LogP contribution in [0.1, 0.15) is 56.7 Å². The molecule has 1 aliphatic carbocycles. The van der Waals surface area contributed by atoms with Gasteiger partial charge in [-0.1, -0.05) is 12.8 Å². The molecule has 1 aromatic rings. The number of hydrogen-bond donors (Lipinski definition) is 2. The molecule has 0 spiro atoms. The van der Waals surface area contributed by atoms with Crippen molar-refractivity contribution in [1.29, 1.82) is 0 Å². The lowest BCUT2D eigenvalue weighted by Crippen LogP contribution is -2.53. The van der Waals surface area contributed by atoms with Crippen molar-refractivity contribution in [3.8, 4) is 11.5 Å². The van der Waals surface area contributed by atoms with Gasteiger partial charge in [0.1, 0.15) is 0 Å². The number of benzene rings is 1. The SMILES string of the molecule is COc1cc(C)c(C(C)NC(=O)C2CCCCC2(C)N)cc1OC. The molecule has 134 valence electrons. The van der Waals surface area contributed by atoms with Gasteiger partial charge in [0.25, 0.3) is 0 Å². The van der Waals surface area contributed by atoms with Crippen molar-refractivity contribution < 1.29 is 14.3 Å². The van der Waals surface area contributed by atoms with E-state index in [1.807, 2.05) is 32.9 Å². The Labute approximate surface area is 144 Å². The molecule has 0 bridgehead atoms. The van der Waals surface area contributed by atoms with Crippen LogP contribution in [0.4, 0.5) is 0 Å². The summed E-state index contributed by atoms with van der Waals surface area (Å²) in [6.45, 7) is 5.99.